The van der Waals surface area contributed by atoms with Crippen molar-refractivity contribution >= 4 is 17.8 Å². The summed E-state index contributed by atoms with van der Waals surface area (Å²) in [6.07, 6.45) is 1.93. The van der Waals surface area contributed by atoms with Gasteiger partial charge in [-0.15, -0.1) is 10.2 Å². The topological polar surface area (TPSA) is 117 Å². The van der Waals surface area contributed by atoms with Crippen LogP contribution in [0.15, 0.2) is 23.0 Å². The maximum atomic E-state index is 10.6. The van der Waals surface area contributed by atoms with Crippen LogP contribution < -0.4 is 10.5 Å². The number of rotatable bonds is 5. The molecule has 0 saturated carbocycles. The van der Waals surface area contributed by atoms with E-state index in [1.807, 2.05) is 0 Å². The lowest BCUT2D eigenvalue weighted by Crippen LogP contribution is -2.05. The Labute approximate surface area is 114 Å². The molecule has 9 heteroatoms. The number of aliphatic imine (C=N–C) groups is 1. The number of halogens is 1. The van der Waals surface area contributed by atoms with E-state index >= 15 is 0 Å². The van der Waals surface area contributed by atoms with Gasteiger partial charge in [0.1, 0.15) is 6.21 Å². The quantitative estimate of drug-likeness (QED) is 0.496. The van der Waals surface area contributed by atoms with Crippen LogP contribution in [0.3, 0.4) is 0 Å². The summed E-state index contributed by atoms with van der Waals surface area (Å²) in [7, 11) is 1.43. The zero-order valence-corrected chi connectivity index (χ0v) is 11.0. The number of methoxy groups -OCH3 is 1. The molecular formula is C10H12ClN5O3. The molecule has 0 aliphatic heterocycles. The van der Waals surface area contributed by atoms with Crippen molar-refractivity contribution in [3.63, 3.8) is 0 Å². The van der Waals surface area contributed by atoms with Gasteiger partial charge in [-0.2, -0.15) is 0 Å². The molecule has 1 rings (SSSR count). The number of ether oxygens (including phenoxy) is 1. The predicted octanol–water partition coefficient (Wildman–Crippen LogP) is 1.35. The van der Waals surface area contributed by atoms with Crippen molar-refractivity contribution in [2.45, 2.75) is 13.0 Å². The first-order valence-corrected chi connectivity index (χ1v) is 5.54. The van der Waals surface area contributed by atoms with Gasteiger partial charge in [-0.05, 0) is 13.0 Å². The van der Waals surface area contributed by atoms with Crippen molar-refractivity contribution in [3.05, 3.63) is 38.8 Å². The van der Waals surface area contributed by atoms with Crippen LogP contribution in [0.4, 0.5) is 0 Å². The molecule has 0 saturated heterocycles. The minimum absolute atomic E-state index is 0.182. The zero-order chi connectivity index (χ0) is 14.4. The molecule has 0 aliphatic carbocycles. The molecule has 1 unspecified atom stereocenters. The molecule has 0 fully saturated rings. The number of hydrogen-bond donors (Lipinski definition) is 1. The molecule has 19 heavy (non-hydrogen) atoms. The lowest BCUT2D eigenvalue weighted by molar-refractivity contribution is -0.414. The van der Waals surface area contributed by atoms with Crippen molar-refractivity contribution < 1.29 is 9.66 Å². The van der Waals surface area contributed by atoms with Crippen LogP contribution in [0.25, 0.3) is 0 Å². The Hall–Kier alpha value is -2.22. The van der Waals surface area contributed by atoms with Crippen LogP contribution in [0.2, 0.25) is 5.15 Å². The summed E-state index contributed by atoms with van der Waals surface area (Å²) in [6.45, 7) is 1.71. The summed E-state index contributed by atoms with van der Waals surface area (Å²) in [5, 5.41) is 18.1. The summed E-state index contributed by atoms with van der Waals surface area (Å²) >= 11 is 5.74. The highest BCUT2D eigenvalue weighted by molar-refractivity contribution is 6.29. The summed E-state index contributed by atoms with van der Waals surface area (Å²) in [5.74, 6) is 0.258. The number of nitrogens with two attached hydrogens (primary N) is 1. The van der Waals surface area contributed by atoms with Crippen LogP contribution in [-0.4, -0.2) is 28.4 Å². The molecule has 1 aromatic heterocycles. The lowest BCUT2D eigenvalue weighted by atomic mass is 10.1. The second kappa shape index (κ2) is 6.64. The molecule has 0 amide bonds. The fraction of sp³-hybridized carbons (Fsp3) is 0.300. The third-order valence-electron chi connectivity index (χ3n) is 2.21. The standard InChI is InChI=1S/C10H12ClN5O3/c1-6(13-5-7(4-12)16(17)18)8-3-9(11)14-15-10(8)19-2/h3-6H,12H2,1-2H3. The molecule has 0 aliphatic rings. The largest absolute Gasteiger partial charge is 0.480 e. The molecule has 1 atom stereocenters. The highest BCUT2D eigenvalue weighted by Crippen LogP contribution is 2.26. The highest BCUT2D eigenvalue weighted by atomic mass is 35.5. The molecule has 0 bridgehead atoms. The number of allylic oxidation sites excluding steroid dienone is 1. The Balaban J connectivity index is 3.01. The Morgan fingerprint density at radius 3 is 2.89 bits per heavy atom. The van der Waals surface area contributed by atoms with Gasteiger partial charge in [-0.3, -0.25) is 15.1 Å². The van der Waals surface area contributed by atoms with E-state index in [0.29, 0.717) is 5.56 Å². The van der Waals surface area contributed by atoms with Crippen LogP contribution in [0.1, 0.15) is 18.5 Å². The van der Waals surface area contributed by atoms with E-state index in [0.717, 1.165) is 12.4 Å². The first kappa shape index (κ1) is 14.8. The van der Waals surface area contributed by atoms with Crippen LogP contribution >= 0.6 is 11.6 Å². The fourth-order valence-corrected chi connectivity index (χ4v) is 1.40. The van der Waals surface area contributed by atoms with E-state index in [-0.39, 0.29) is 16.7 Å². The van der Waals surface area contributed by atoms with Gasteiger partial charge < -0.3 is 10.5 Å². The normalized spacial score (nSPS) is 13.5. The molecule has 1 aromatic rings. The van der Waals surface area contributed by atoms with Crippen LogP contribution in [-0.2, 0) is 0 Å². The van der Waals surface area contributed by atoms with E-state index in [1.54, 1.807) is 6.92 Å². The molecule has 1 heterocycles. The third kappa shape index (κ3) is 3.88. The molecule has 102 valence electrons. The Morgan fingerprint density at radius 1 is 1.68 bits per heavy atom. The van der Waals surface area contributed by atoms with E-state index in [1.165, 1.54) is 13.2 Å². The maximum Gasteiger partial charge on any atom is 0.302 e. The van der Waals surface area contributed by atoms with E-state index < -0.39 is 11.0 Å². The maximum absolute atomic E-state index is 10.6. The minimum atomic E-state index is -0.634. The Bertz CT molecular complexity index is 532. The number of aromatic nitrogens is 2. The first-order chi connectivity index (χ1) is 8.99. The summed E-state index contributed by atoms with van der Waals surface area (Å²) in [4.78, 5) is 13.9. The smallest absolute Gasteiger partial charge is 0.302 e. The van der Waals surface area contributed by atoms with Crippen molar-refractivity contribution in [3.8, 4) is 5.88 Å². The number of hydrogen-bond acceptors (Lipinski definition) is 7. The third-order valence-corrected chi connectivity index (χ3v) is 2.40. The Morgan fingerprint density at radius 2 is 2.37 bits per heavy atom. The SMILES string of the molecule is COc1nnc(Cl)cc1C(C)N=CC(=CN)[N+](=O)[O-]. The fourth-order valence-electron chi connectivity index (χ4n) is 1.25. The highest BCUT2D eigenvalue weighted by Gasteiger charge is 2.14. The van der Waals surface area contributed by atoms with Crippen LogP contribution in [0.5, 0.6) is 5.88 Å². The van der Waals surface area contributed by atoms with Gasteiger partial charge in [0.2, 0.25) is 5.88 Å². The molecule has 0 aromatic carbocycles. The summed E-state index contributed by atoms with van der Waals surface area (Å²) in [5.41, 5.74) is 5.38. The van der Waals surface area contributed by atoms with E-state index in [9.17, 15) is 10.1 Å². The van der Waals surface area contributed by atoms with Crippen molar-refractivity contribution in [2.75, 3.05) is 7.11 Å². The van der Waals surface area contributed by atoms with Gasteiger partial charge in [-0.25, -0.2) is 0 Å². The summed E-state index contributed by atoms with van der Waals surface area (Å²) < 4.78 is 5.02. The van der Waals surface area contributed by atoms with Gasteiger partial charge in [0.05, 0.1) is 24.3 Å². The average Bonchev–Trinajstić information content (AvgIpc) is 2.38. The molecule has 0 radical (unpaired) electrons. The van der Waals surface area contributed by atoms with E-state index in [2.05, 4.69) is 15.2 Å². The average molecular weight is 286 g/mol. The zero-order valence-electron chi connectivity index (χ0n) is 10.3. The van der Waals surface area contributed by atoms with Gasteiger partial charge in [0.25, 0.3) is 0 Å². The summed E-state index contributed by atoms with van der Waals surface area (Å²) in [6, 6.07) is 1.09. The van der Waals surface area contributed by atoms with Gasteiger partial charge in [-0.1, -0.05) is 11.6 Å². The van der Waals surface area contributed by atoms with Crippen molar-refractivity contribution in [2.24, 2.45) is 10.7 Å². The molecule has 0 spiro atoms. The second-order valence-electron chi connectivity index (χ2n) is 3.43. The van der Waals surface area contributed by atoms with Crippen molar-refractivity contribution in [1.29, 1.82) is 0 Å². The number of nitrogens with zero attached hydrogens (tertiary/aromatic N) is 4. The minimum Gasteiger partial charge on any atom is -0.480 e. The molecular weight excluding hydrogens is 274 g/mol. The molecule has 2 N–H and O–H groups in total. The molecule has 8 nitrogen and oxygen atoms in total. The first-order valence-electron chi connectivity index (χ1n) is 5.16. The van der Waals surface area contributed by atoms with Crippen molar-refractivity contribution in [1.82, 2.24) is 10.2 Å². The predicted molar refractivity (Wildman–Crippen MR) is 69.8 cm³/mol. The monoisotopic (exact) mass is 285 g/mol. The lowest BCUT2D eigenvalue weighted by Gasteiger charge is -2.09. The Kier molecular flexibility index (Phi) is 5.19. The van der Waals surface area contributed by atoms with Crippen LogP contribution in [0, 0.1) is 10.1 Å². The van der Waals surface area contributed by atoms with Gasteiger partial charge in [0.15, 0.2) is 5.15 Å². The number of nitro groups is 1. The van der Waals surface area contributed by atoms with Gasteiger partial charge >= 0.3 is 5.70 Å². The van der Waals surface area contributed by atoms with E-state index in [4.69, 9.17) is 22.1 Å². The van der Waals surface area contributed by atoms with Gasteiger partial charge in [0, 0.05) is 5.56 Å². The second-order valence-corrected chi connectivity index (χ2v) is 3.82.